The number of aliphatic hydroxyl groups is 1. The normalized spacial score (nSPS) is 23.9. The van der Waals surface area contributed by atoms with Crippen LogP contribution in [0.2, 0.25) is 5.02 Å². The number of amides is 1. The Morgan fingerprint density at radius 3 is 3.13 bits per heavy atom. The molecule has 1 amide bonds. The highest BCUT2D eigenvalue weighted by molar-refractivity contribution is 6.30. The van der Waals surface area contributed by atoms with E-state index in [9.17, 15) is 9.90 Å². The van der Waals surface area contributed by atoms with E-state index in [0.717, 1.165) is 19.3 Å². The van der Waals surface area contributed by atoms with Gasteiger partial charge in [0.05, 0.1) is 18.5 Å². The van der Waals surface area contributed by atoms with Gasteiger partial charge in [-0.05, 0) is 31.0 Å². The van der Waals surface area contributed by atoms with Gasteiger partial charge >= 0.3 is 0 Å². The summed E-state index contributed by atoms with van der Waals surface area (Å²) in [5.74, 6) is -0.273. The van der Waals surface area contributed by atoms with Gasteiger partial charge in [0.15, 0.2) is 5.69 Å². The zero-order valence-electron chi connectivity index (χ0n) is 12.9. The molecule has 1 heterocycles. The summed E-state index contributed by atoms with van der Waals surface area (Å²) in [5, 5.41) is 21.4. The fourth-order valence-electron chi connectivity index (χ4n) is 2.99. The molecule has 1 aliphatic rings. The molecule has 1 aromatic heterocycles. The molecule has 2 unspecified atom stereocenters. The third-order valence-electron chi connectivity index (χ3n) is 4.51. The monoisotopic (exact) mass is 334 g/mol. The van der Waals surface area contributed by atoms with E-state index in [1.165, 1.54) is 11.0 Å². The average Bonchev–Trinajstić information content (AvgIpc) is 3.16. The molecular weight excluding hydrogens is 316 g/mol. The Labute approximate surface area is 139 Å². The second kappa shape index (κ2) is 6.29. The maximum Gasteiger partial charge on any atom is 0.273 e. The summed E-state index contributed by atoms with van der Waals surface area (Å²) in [7, 11) is 0. The lowest BCUT2D eigenvalue weighted by atomic mass is 9.86. The maximum atomic E-state index is 12.4. The number of nitrogens with zero attached hydrogens (tertiary/aromatic N) is 3. The number of halogens is 1. The van der Waals surface area contributed by atoms with Crippen LogP contribution in [0.5, 0.6) is 0 Å². The largest absolute Gasteiger partial charge is 0.396 e. The lowest BCUT2D eigenvalue weighted by molar-refractivity contribution is 0.0825. The fourth-order valence-corrected chi connectivity index (χ4v) is 3.18. The van der Waals surface area contributed by atoms with Gasteiger partial charge in [-0.1, -0.05) is 31.0 Å². The van der Waals surface area contributed by atoms with Gasteiger partial charge in [-0.3, -0.25) is 4.79 Å². The van der Waals surface area contributed by atoms with Crippen molar-refractivity contribution in [2.45, 2.75) is 32.2 Å². The number of carbonyl (C=O) groups is 1. The van der Waals surface area contributed by atoms with Crippen molar-refractivity contribution in [3.63, 3.8) is 0 Å². The summed E-state index contributed by atoms with van der Waals surface area (Å²) < 4.78 is 0. The SMILES string of the molecule is CC1(CO)CCCC1NC(=O)c1cnn(-c2cccc(Cl)c2)n1. The second-order valence-electron chi connectivity index (χ2n) is 6.23. The fraction of sp³-hybridized carbons (Fsp3) is 0.438. The molecule has 23 heavy (non-hydrogen) atoms. The molecule has 1 saturated carbocycles. The molecular formula is C16H19ClN4O2. The summed E-state index contributed by atoms with van der Waals surface area (Å²) in [6, 6.07) is 7.05. The van der Waals surface area contributed by atoms with Crippen LogP contribution >= 0.6 is 11.6 Å². The first-order chi connectivity index (χ1) is 11.0. The molecule has 3 rings (SSSR count). The number of rotatable bonds is 4. The van der Waals surface area contributed by atoms with E-state index >= 15 is 0 Å². The van der Waals surface area contributed by atoms with Crippen LogP contribution < -0.4 is 5.32 Å². The Hall–Kier alpha value is -1.92. The molecule has 0 spiro atoms. The molecule has 7 heteroatoms. The van der Waals surface area contributed by atoms with Crippen molar-refractivity contribution >= 4 is 17.5 Å². The number of hydrogen-bond donors (Lipinski definition) is 2. The van der Waals surface area contributed by atoms with Crippen molar-refractivity contribution in [1.29, 1.82) is 0 Å². The van der Waals surface area contributed by atoms with Gasteiger partial charge in [0.25, 0.3) is 5.91 Å². The minimum Gasteiger partial charge on any atom is -0.396 e. The Bertz CT molecular complexity index is 718. The van der Waals surface area contributed by atoms with Crippen molar-refractivity contribution in [2.75, 3.05) is 6.61 Å². The molecule has 0 saturated heterocycles. The van der Waals surface area contributed by atoms with Crippen molar-refractivity contribution in [2.24, 2.45) is 5.41 Å². The number of aromatic nitrogens is 3. The Kier molecular flexibility index (Phi) is 4.37. The van der Waals surface area contributed by atoms with Gasteiger partial charge in [-0.15, -0.1) is 5.10 Å². The summed E-state index contributed by atoms with van der Waals surface area (Å²) in [6.45, 7) is 2.06. The second-order valence-corrected chi connectivity index (χ2v) is 6.67. The van der Waals surface area contributed by atoms with Crippen LogP contribution in [0.15, 0.2) is 30.5 Å². The third kappa shape index (κ3) is 3.23. The Morgan fingerprint density at radius 1 is 1.57 bits per heavy atom. The molecule has 2 atom stereocenters. The van der Waals surface area contributed by atoms with Crippen LogP contribution in [-0.2, 0) is 0 Å². The third-order valence-corrected chi connectivity index (χ3v) is 4.75. The molecule has 6 nitrogen and oxygen atoms in total. The minimum absolute atomic E-state index is 0.0451. The maximum absolute atomic E-state index is 12.4. The van der Waals surface area contributed by atoms with E-state index in [1.54, 1.807) is 18.2 Å². The van der Waals surface area contributed by atoms with Gasteiger partial charge in [0, 0.05) is 16.5 Å². The summed E-state index contributed by atoms with van der Waals surface area (Å²) in [4.78, 5) is 13.8. The zero-order valence-corrected chi connectivity index (χ0v) is 13.6. The van der Waals surface area contributed by atoms with Crippen LogP contribution in [0.3, 0.4) is 0 Å². The van der Waals surface area contributed by atoms with Gasteiger partial charge in [0.1, 0.15) is 0 Å². The smallest absolute Gasteiger partial charge is 0.273 e. The first kappa shape index (κ1) is 16.0. The highest BCUT2D eigenvalue weighted by Gasteiger charge is 2.39. The van der Waals surface area contributed by atoms with Crippen molar-refractivity contribution in [3.05, 3.63) is 41.2 Å². The topological polar surface area (TPSA) is 80.0 Å². The van der Waals surface area contributed by atoms with Crippen LogP contribution in [-0.4, -0.2) is 38.7 Å². The van der Waals surface area contributed by atoms with Crippen molar-refractivity contribution < 1.29 is 9.90 Å². The van der Waals surface area contributed by atoms with E-state index in [1.807, 2.05) is 13.0 Å². The molecule has 1 aromatic carbocycles. The lowest BCUT2D eigenvalue weighted by Crippen LogP contribution is -2.44. The lowest BCUT2D eigenvalue weighted by Gasteiger charge is -2.29. The molecule has 2 N–H and O–H groups in total. The van der Waals surface area contributed by atoms with E-state index in [0.29, 0.717) is 10.7 Å². The Morgan fingerprint density at radius 2 is 2.39 bits per heavy atom. The summed E-state index contributed by atoms with van der Waals surface area (Å²) in [6.07, 6.45) is 4.20. The van der Waals surface area contributed by atoms with Gasteiger partial charge in [-0.25, -0.2) is 0 Å². The van der Waals surface area contributed by atoms with Crippen molar-refractivity contribution in [1.82, 2.24) is 20.3 Å². The van der Waals surface area contributed by atoms with E-state index < -0.39 is 0 Å². The van der Waals surface area contributed by atoms with E-state index in [-0.39, 0.29) is 29.7 Å². The number of hydrogen-bond acceptors (Lipinski definition) is 4. The molecule has 122 valence electrons. The minimum atomic E-state index is -0.273. The van der Waals surface area contributed by atoms with E-state index in [4.69, 9.17) is 11.6 Å². The van der Waals surface area contributed by atoms with E-state index in [2.05, 4.69) is 15.5 Å². The number of nitrogens with one attached hydrogen (secondary N) is 1. The van der Waals surface area contributed by atoms with Crippen molar-refractivity contribution in [3.8, 4) is 5.69 Å². The van der Waals surface area contributed by atoms with Gasteiger partial charge in [0.2, 0.25) is 0 Å². The first-order valence-electron chi connectivity index (χ1n) is 7.62. The van der Waals surface area contributed by atoms with Crippen LogP contribution in [0, 0.1) is 5.41 Å². The quantitative estimate of drug-likeness (QED) is 0.898. The standard InChI is InChI=1S/C16H19ClN4O2/c1-16(10-22)7-3-6-14(16)19-15(23)13-9-18-21(20-13)12-5-2-4-11(17)8-12/h2,4-5,8-9,14,22H,3,6-7,10H2,1H3,(H,19,23). The number of aliphatic hydroxyl groups excluding tert-OH is 1. The highest BCUT2D eigenvalue weighted by Crippen LogP contribution is 2.37. The Balaban J connectivity index is 1.74. The predicted octanol–water partition coefficient (Wildman–Crippen LogP) is 2.20. The summed E-state index contributed by atoms with van der Waals surface area (Å²) >= 11 is 5.95. The molecule has 0 radical (unpaired) electrons. The van der Waals surface area contributed by atoms with Gasteiger partial charge in [-0.2, -0.15) is 9.90 Å². The van der Waals surface area contributed by atoms with Crippen LogP contribution in [0.1, 0.15) is 36.7 Å². The molecule has 1 aliphatic carbocycles. The zero-order chi connectivity index (χ0) is 16.4. The summed E-state index contributed by atoms with van der Waals surface area (Å²) in [5.41, 5.74) is 0.674. The first-order valence-corrected chi connectivity index (χ1v) is 8.00. The molecule has 0 bridgehead atoms. The number of carbonyl (C=O) groups excluding carboxylic acids is 1. The number of benzene rings is 1. The average molecular weight is 335 g/mol. The molecule has 0 aliphatic heterocycles. The van der Waals surface area contributed by atoms with Gasteiger partial charge < -0.3 is 10.4 Å². The predicted molar refractivity (Wildman–Crippen MR) is 86.7 cm³/mol. The molecule has 1 fully saturated rings. The van der Waals surface area contributed by atoms with Crippen LogP contribution in [0.4, 0.5) is 0 Å². The van der Waals surface area contributed by atoms with Crippen LogP contribution in [0.25, 0.3) is 5.69 Å². The highest BCUT2D eigenvalue weighted by atomic mass is 35.5. The molecule has 2 aromatic rings.